The van der Waals surface area contributed by atoms with Gasteiger partial charge >= 0.3 is 0 Å². The molecule has 102 valence electrons. The van der Waals surface area contributed by atoms with Crippen molar-refractivity contribution in [2.24, 2.45) is 11.8 Å². The standard InChI is InChI=1S/C15H19NO3/c17-14(13-2-1-5-16-10-13)8-12-4-3-11(14)9-15(12)18-6-7-19-15/h1-2,5,10-12,17H,3-4,6-9H2/t11-,12-,14+/m1/s1. The molecule has 1 aromatic rings. The third kappa shape index (κ3) is 1.60. The Morgan fingerprint density at radius 1 is 1.16 bits per heavy atom. The number of nitrogens with zero attached hydrogens (tertiary/aromatic N) is 1. The van der Waals surface area contributed by atoms with Gasteiger partial charge in [0, 0.05) is 30.3 Å². The van der Waals surface area contributed by atoms with E-state index in [0.717, 1.165) is 31.2 Å². The van der Waals surface area contributed by atoms with Crippen LogP contribution in [0.3, 0.4) is 0 Å². The molecule has 1 saturated heterocycles. The summed E-state index contributed by atoms with van der Waals surface area (Å²) in [5.74, 6) is 0.0992. The van der Waals surface area contributed by atoms with Crippen molar-refractivity contribution in [2.45, 2.75) is 37.1 Å². The third-order valence-electron chi connectivity index (χ3n) is 5.19. The van der Waals surface area contributed by atoms with Crippen LogP contribution < -0.4 is 0 Å². The zero-order valence-electron chi connectivity index (χ0n) is 10.9. The molecule has 2 heterocycles. The zero-order chi connectivity index (χ0) is 12.9. The average Bonchev–Trinajstić information content (AvgIpc) is 2.90. The van der Waals surface area contributed by atoms with Gasteiger partial charge in [0.05, 0.1) is 18.8 Å². The first-order valence-electron chi connectivity index (χ1n) is 7.14. The van der Waals surface area contributed by atoms with Crippen LogP contribution in [0.25, 0.3) is 0 Å². The van der Waals surface area contributed by atoms with E-state index in [1.807, 2.05) is 12.1 Å². The Kier molecular flexibility index (Phi) is 2.50. The Hall–Kier alpha value is -0.970. The van der Waals surface area contributed by atoms with Gasteiger partial charge in [-0.15, -0.1) is 0 Å². The summed E-state index contributed by atoms with van der Waals surface area (Å²) < 4.78 is 11.8. The highest BCUT2D eigenvalue weighted by atomic mass is 16.7. The minimum absolute atomic E-state index is 0.208. The molecule has 5 rings (SSSR count). The number of hydrogen-bond acceptors (Lipinski definition) is 4. The largest absolute Gasteiger partial charge is 0.385 e. The van der Waals surface area contributed by atoms with E-state index in [9.17, 15) is 5.11 Å². The number of aromatic nitrogens is 1. The van der Waals surface area contributed by atoms with Gasteiger partial charge in [0.15, 0.2) is 5.79 Å². The second-order valence-electron chi connectivity index (χ2n) is 6.05. The molecule has 4 fully saturated rings. The number of fused-ring (bicyclic) bond motifs is 2. The van der Waals surface area contributed by atoms with E-state index in [2.05, 4.69) is 4.98 Å². The van der Waals surface area contributed by atoms with Gasteiger partial charge in [-0.1, -0.05) is 6.07 Å². The van der Waals surface area contributed by atoms with Crippen LogP contribution >= 0.6 is 0 Å². The lowest BCUT2D eigenvalue weighted by molar-refractivity contribution is -0.280. The van der Waals surface area contributed by atoms with Crippen molar-refractivity contribution in [3.05, 3.63) is 30.1 Å². The predicted octanol–water partition coefficient (Wildman–Crippen LogP) is 1.83. The van der Waals surface area contributed by atoms with Gasteiger partial charge in [0.1, 0.15) is 0 Å². The van der Waals surface area contributed by atoms with Crippen LogP contribution in [0.5, 0.6) is 0 Å². The fourth-order valence-corrected chi connectivity index (χ4v) is 4.24. The summed E-state index contributed by atoms with van der Waals surface area (Å²) in [4.78, 5) is 4.16. The molecular formula is C15H19NO3. The molecule has 4 aliphatic rings. The van der Waals surface area contributed by atoms with Gasteiger partial charge < -0.3 is 14.6 Å². The van der Waals surface area contributed by atoms with E-state index in [1.165, 1.54) is 0 Å². The summed E-state index contributed by atoms with van der Waals surface area (Å²) in [6, 6.07) is 3.88. The number of rotatable bonds is 1. The number of hydrogen-bond donors (Lipinski definition) is 1. The molecule has 3 atom stereocenters. The molecule has 4 heteroatoms. The van der Waals surface area contributed by atoms with E-state index in [-0.39, 0.29) is 5.92 Å². The number of pyridine rings is 1. The second-order valence-corrected chi connectivity index (χ2v) is 6.05. The summed E-state index contributed by atoms with van der Waals surface area (Å²) in [5, 5.41) is 11.1. The summed E-state index contributed by atoms with van der Waals surface area (Å²) in [6.45, 7) is 1.38. The summed E-state index contributed by atoms with van der Waals surface area (Å²) in [6.07, 6.45) is 7.21. The quantitative estimate of drug-likeness (QED) is 0.838. The van der Waals surface area contributed by atoms with Crippen molar-refractivity contribution in [1.29, 1.82) is 0 Å². The Morgan fingerprint density at radius 3 is 2.58 bits per heavy atom. The van der Waals surface area contributed by atoms with Crippen molar-refractivity contribution in [2.75, 3.05) is 13.2 Å². The van der Waals surface area contributed by atoms with Crippen LogP contribution in [0.15, 0.2) is 24.5 Å². The number of aliphatic hydroxyl groups is 1. The van der Waals surface area contributed by atoms with E-state index in [4.69, 9.17) is 9.47 Å². The van der Waals surface area contributed by atoms with Gasteiger partial charge in [-0.05, 0) is 31.2 Å². The summed E-state index contributed by atoms with van der Waals surface area (Å²) in [7, 11) is 0. The lowest BCUT2D eigenvalue weighted by Crippen LogP contribution is -2.57. The molecule has 0 unspecified atom stereocenters. The maximum absolute atomic E-state index is 11.1. The smallest absolute Gasteiger partial charge is 0.171 e. The molecule has 1 N–H and O–H groups in total. The molecular weight excluding hydrogens is 242 g/mol. The lowest BCUT2D eigenvalue weighted by atomic mass is 9.57. The molecule has 3 saturated carbocycles. The van der Waals surface area contributed by atoms with Crippen molar-refractivity contribution in [3.63, 3.8) is 0 Å². The Labute approximate surface area is 112 Å². The molecule has 4 nitrogen and oxygen atoms in total. The molecule has 3 aliphatic carbocycles. The number of ether oxygens (including phenoxy) is 2. The molecule has 1 aromatic heterocycles. The normalized spacial score (nSPS) is 39.8. The van der Waals surface area contributed by atoms with E-state index in [0.29, 0.717) is 19.1 Å². The highest BCUT2D eigenvalue weighted by Crippen LogP contribution is 2.58. The Balaban J connectivity index is 1.68. The molecule has 0 amide bonds. The van der Waals surface area contributed by atoms with Crippen LogP contribution in [0, 0.1) is 11.8 Å². The van der Waals surface area contributed by atoms with Crippen molar-refractivity contribution < 1.29 is 14.6 Å². The van der Waals surface area contributed by atoms with E-state index in [1.54, 1.807) is 12.4 Å². The minimum atomic E-state index is -0.752. The fraction of sp³-hybridized carbons (Fsp3) is 0.667. The highest BCUT2D eigenvalue weighted by Gasteiger charge is 2.60. The molecule has 0 aromatic carbocycles. The topological polar surface area (TPSA) is 51.6 Å². The summed E-state index contributed by atoms with van der Waals surface area (Å²) >= 11 is 0. The molecule has 19 heavy (non-hydrogen) atoms. The predicted molar refractivity (Wildman–Crippen MR) is 68.2 cm³/mol. The van der Waals surface area contributed by atoms with Gasteiger partial charge in [-0.2, -0.15) is 0 Å². The van der Waals surface area contributed by atoms with Crippen molar-refractivity contribution in [1.82, 2.24) is 4.98 Å². The molecule has 2 bridgehead atoms. The first-order valence-corrected chi connectivity index (χ1v) is 7.14. The Bertz CT molecular complexity index is 472. The van der Waals surface area contributed by atoms with Gasteiger partial charge in [0.25, 0.3) is 0 Å². The highest BCUT2D eigenvalue weighted by molar-refractivity contribution is 5.23. The monoisotopic (exact) mass is 261 g/mol. The fourth-order valence-electron chi connectivity index (χ4n) is 4.24. The lowest BCUT2D eigenvalue weighted by Gasteiger charge is -2.55. The van der Waals surface area contributed by atoms with E-state index >= 15 is 0 Å². The molecule has 0 radical (unpaired) electrons. The minimum Gasteiger partial charge on any atom is -0.385 e. The van der Waals surface area contributed by atoms with Crippen LogP contribution in [0.2, 0.25) is 0 Å². The first-order chi connectivity index (χ1) is 9.23. The average molecular weight is 261 g/mol. The first kappa shape index (κ1) is 11.8. The van der Waals surface area contributed by atoms with E-state index < -0.39 is 11.4 Å². The second kappa shape index (κ2) is 4.01. The maximum atomic E-state index is 11.1. The molecule has 1 spiro atoms. The van der Waals surface area contributed by atoms with Crippen LogP contribution in [-0.4, -0.2) is 29.1 Å². The van der Waals surface area contributed by atoms with Crippen molar-refractivity contribution >= 4 is 0 Å². The maximum Gasteiger partial charge on any atom is 0.171 e. The van der Waals surface area contributed by atoms with Crippen LogP contribution in [0.4, 0.5) is 0 Å². The summed E-state index contributed by atoms with van der Waals surface area (Å²) in [5.41, 5.74) is 0.190. The zero-order valence-corrected chi connectivity index (χ0v) is 10.9. The van der Waals surface area contributed by atoms with Crippen LogP contribution in [-0.2, 0) is 15.1 Å². The van der Waals surface area contributed by atoms with Gasteiger partial charge in [-0.25, -0.2) is 0 Å². The van der Waals surface area contributed by atoms with Gasteiger partial charge in [0.2, 0.25) is 0 Å². The Morgan fingerprint density at radius 2 is 1.95 bits per heavy atom. The molecule has 1 aliphatic heterocycles. The van der Waals surface area contributed by atoms with Crippen LogP contribution in [0.1, 0.15) is 31.2 Å². The van der Waals surface area contributed by atoms with Gasteiger partial charge in [-0.3, -0.25) is 4.98 Å². The SMILES string of the molecule is O[C@@]1(c2cccnc2)C[C@H]2CC[C@@H]1CC21OCCO1. The van der Waals surface area contributed by atoms with Crippen molar-refractivity contribution in [3.8, 4) is 0 Å². The third-order valence-corrected chi connectivity index (χ3v) is 5.19.